The molecule has 2 atom stereocenters. The maximum Gasteiger partial charge on any atom is 0.117 e. The van der Waals surface area contributed by atoms with Crippen LogP contribution in [-0.4, -0.2) is 18.7 Å². The Balaban J connectivity index is 1.73. The van der Waals surface area contributed by atoms with Crippen molar-refractivity contribution in [3.63, 3.8) is 0 Å². The molecule has 3 nitrogen and oxygen atoms in total. The molecule has 1 N–H and O–H groups in total. The van der Waals surface area contributed by atoms with Crippen molar-refractivity contribution >= 4 is 0 Å². The van der Waals surface area contributed by atoms with Gasteiger partial charge in [0.1, 0.15) is 12.3 Å². The van der Waals surface area contributed by atoms with E-state index in [2.05, 4.69) is 29.6 Å². The van der Waals surface area contributed by atoms with Crippen molar-refractivity contribution in [1.29, 1.82) is 0 Å². The second kappa shape index (κ2) is 5.53. The number of benzene rings is 2. The summed E-state index contributed by atoms with van der Waals surface area (Å²) in [5.74, 6) is 0. The van der Waals surface area contributed by atoms with E-state index in [-0.39, 0.29) is 12.3 Å². The molecule has 0 amide bonds. The Morgan fingerprint density at radius 2 is 1.53 bits per heavy atom. The van der Waals surface area contributed by atoms with E-state index >= 15 is 0 Å². The minimum Gasteiger partial charge on any atom is -0.293 e. The number of nitrogens with zero attached hydrogens (tertiary/aromatic N) is 1. The Labute approximate surface area is 113 Å². The van der Waals surface area contributed by atoms with E-state index in [4.69, 9.17) is 4.84 Å². The average Bonchev–Trinajstić information content (AvgIpc) is 2.49. The largest absolute Gasteiger partial charge is 0.293 e. The highest BCUT2D eigenvalue weighted by Crippen LogP contribution is 2.27. The van der Waals surface area contributed by atoms with Gasteiger partial charge in [0, 0.05) is 13.6 Å². The third-order valence-corrected chi connectivity index (χ3v) is 3.44. The summed E-state index contributed by atoms with van der Waals surface area (Å²) in [6.07, 6.45) is 0.187. The molecule has 1 fully saturated rings. The maximum absolute atomic E-state index is 6.01. The second-order valence-corrected chi connectivity index (χ2v) is 4.77. The van der Waals surface area contributed by atoms with Crippen molar-refractivity contribution < 1.29 is 4.84 Å². The van der Waals surface area contributed by atoms with Gasteiger partial charge in [-0.05, 0) is 11.1 Å². The highest BCUT2D eigenvalue weighted by atomic mass is 16.7. The molecule has 2 aromatic carbocycles. The maximum atomic E-state index is 6.01. The van der Waals surface area contributed by atoms with Crippen LogP contribution < -0.4 is 5.32 Å². The van der Waals surface area contributed by atoms with Crippen molar-refractivity contribution in [2.75, 3.05) is 13.6 Å². The lowest BCUT2D eigenvalue weighted by Gasteiger charge is -2.37. The van der Waals surface area contributed by atoms with E-state index in [9.17, 15) is 0 Å². The molecule has 3 heteroatoms. The lowest BCUT2D eigenvalue weighted by atomic mass is 10.1. The van der Waals surface area contributed by atoms with Crippen LogP contribution in [0.25, 0.3) is 0 Å². The van der Waals surface area contributed by atoms with E-state index in [1.165, 1.54) is 11.1 Å². The zero-order valence-corrected chi connectivity index (χ0v) is 11.0. The zero-order chi connectivity index (χ0) is 13.1. The van der Waals surface area contributed by atoms with Gasteiger partial charge in [-0.3, -0.25) is 10.2 Å². The Morgan fingerprint density at radius 3 is 2.11 bits per heavy atom. The molecule has 0 saturated carbocycles. The van der Waals surface area contributed by atoms with E-state index in [0.717, 1.165) is 6.54 Å². The molecule has 2 aromatic rings. The topological polar surface area (TPSA) is 24.5 Å². The summed E-state index contributed by atoms with van der Waals surface area (Å²) >= 11 is 0. The molecule has 0 spiro atoms. The summed E-state index contributed by atoms with van der Waals surface area (Å²) in [4.78, 5) is 6.01. The highest BCUT2D eigenvalue weighted by Gasteiger charge is 2.27. The quantitative estimate of drug-likeness (QED) is 0.892. The third-order valence-electron chi connectivity index (χ3n) is 3.44. The molecule has 0 bridgehead atoms. The molecule has 1 aliphatic heterocycles. The standard InChI is InChI=1S/C16H18N2O/c1-18-16(14-10-6-3-7-11-14)17-12-15(19-18)13-8-4-2-5-9-13/h2-11,15-17H,12H2,1H3/t15-,16+/m0/s1. The number of hydroxylamine groups is 2. The van der Waals surface area contributed by atoms with Crippen LogP contribution in [0.5, 0.6) is 0 Å². The van der Waals surface area contributed by atoms with Crippen LogP contribution in [0.1, 0.15) is 23.4 Å². The van der Waals surface area contributed by atoms with Gasteiger partial charge in [0.05, 0.1) is 0 Å². The van der Waals surface area contributed by atoms with Gasteiger partial charge in [-0.2, -0.15) is 5.06 Å². The lowest BCUT2D eigenvalue weighted by molar-refractivity contribution is -0.241. The summed E-state index contributed by atoms with van der Waals surface area (Å²) in [6.45, 7) is 0.813. The van der Waals surface area contributed by atoms with E-state index in [1.807, 2.05) is 48.5 Å². The minimum absolute atomic E-state index is 0.0752. The first-order valence-corrected chi connectivity index (χ1v) is 6.57. The fourth-order valence-electron chi connectivity index (χ4n) is 2.46. The van der Waals surface area contributed by atoms with Gasteiger partial charge in [0.2, 0.25) is 0 Å². The first-order valence-electron chi connectivity index (χ1n) is 6.57. The third kappa shape index (κ3) is 2.68. The Hall–Kier alpha value is -1.68. The predicted octanol–water partition coefficient (Wildman–Crippen LogP) is 2.89. The van der Waals surface area contributed by atoms with Crippen LogP contribution >= 0.6 is 0 Å². The molecular weight excluding hydrogens is 236 g/mol. The van der Waals surface area contributed by atoms with Crippen molar-refractivity contribution in [2.24, 2.45) is 0 Å². The number of rotatable bonds is 2. The van der Waals surface area contributed by atoms with Crippen molar-refractivity contribution in [3.05, 3.63) is 71.8 Å². The van der Waals surface area contributed by atoms with Crippen LogP contribution in [0.4, 0.5) is 0 Å². The molecule has 0 aromatic heterocycles. The van der Waals surface area contributed by atoms with Gasteiger partial charge < -0.3 is 0 Å². The normalized spacial score (nSPS) is 24.3. The molecule has 3 rings (SSSR count). The van der Waals surface area contributed by atoms with Gasteiger partial charge in [-0.15, -0.1) is 0 Å². The summed E-state index contributed by atoms with van der Waals surface area (Å²) in [5, 5.41) is 5.43. The van der Waals surface area contributed by atoms with Crippen LogP contribution in [0.2, 0.25) is 0 Å². The second-order valence-electron chi connectivity index (χ2n) is 4.77. The summed E-state index contributed by atoms with van der Waals surface area (Å²) in [6, 6.07) is 20.7. The molecule has 98 valence electrons. The van der Waals surface area contributed by atoms with E-state index < -0.39 is 0 Å². The van der Waals surface area contributed by atoms with Gasteiger partial charge in [0.25, 0.3) is 0 Å². The lowest BCUT2D eigenvalue weighted by Crippen LogP contribution is -2.45. The average molecular weight is 254 g/mol. The highest BCUT2D eigenvalue weighted by molar-refractivity contribution is 5.21. The molecule has 0 radical (unpaired) electrons. The van der Waals surface area contributed by atoms with E-state index in [0.29, 0.717) is 0 Å². The predicted molar refractivity (Wildman–Crippen MR) is 75.2 cm³/mol. The van der Waals surface area contributed by atoms with Crippen LogP contribution in [0.15, 0.2) is 60.7 Å². The first kappa shape index (κ1) is 12.4. The molecule has 1 heterocycles. The smallest absolute Gasteiger partial charge is 0.117 e. The fraction of sp³-hybridized carbons (Fsp3) is 0.250. The number of nitrogens with one attached hydrogen (secondary N) is 1. The van der Waals surface area contributed by atoms with Crippen LogP contribution in [-0.2, 0) is 4.84 Å². The van der Waals surface area contributed by atoms with Crippen molar-refractivity contribution in [2.45, 2.75) is 12.3 Å². The van der Waals surface area contributed by atoms with Crippen LogP contribution in [0.3, 0.4) is 0 Å². The number of hydrogen-bond donors (Lipinski definition) is 1. The molecular formula is C16H18N2O. The van der Waals surface area contributed by atoms with Gasteiger partial charge >= 0.3 is 0 Å². The molecule has 19 heavy (non-hydrogen) atoms. The first-order chi connectivity index (χ1) is 9.34. The summed E-state index contributed by atoms with van der Waals surface area (Å²) < 4.78 is 0. The van der Waals surface area contributed by atoms with Gasteiger partial charge in [-0.25, -0.2) is 0 Å². The van der Waals surface area contributed by atoms with Crippen molar-refractivity contribution in [1.82, 2.24) is 10.4 Å². The minimum atomic E-state index is 0.0752. The van der Waals surface area contributed by atoms with E-state index in [1.54, 1.807) is 0 Å². The fourth-order valence-corrected chi connectivity index (χ4v) is 2.46. The number of hydrogen-bond acceptors (Lipinski definition) is 3. The van der Waals surface area contributed by atoms with Crippen LogP contribution in [0, 0.1) is 0 Å². The molecule has 1 aliphatic rings. The van der Waals surface area contributed by atoms with Crippen molar-refractivity contribution in [3.8, 4) is 0 Å². The van der Waals surface area contributed by atoms with Gasteiger partial charge in [0.15, 0.2) is 0 Å². The summed E-state index contributed by atoms with van der Waals surface area (Å²) in [5.41, 5.74) is 2.42. The Morgan fingerprint density at radius 1 is 0.947 bits per heavy atom. The Bertz CT molecular complexity index is 515. The molecule has 0 aliphatic carbocycles. The van der Waals surface area contributed by atoms with Gasteiger partial charge in [-0.1, -0.05) is 60.7 Å². The zero-order valence-electron chi connectivity index (χ0n) is 11.0. The molecule has 0 unspecified atom stereocenters. The monoisotopic (exact) mass is 254 g/mol. The molecule has 1 saturated heterocycles. The Kier molecular flexibility index (Phi) is 3.60. The SMILES string of the molecule is CN1O[C@H](c2ccccc2)CN[C@H]1c1ccccc1. The summed E-state index contributed by atoms with van der Waals surface area (Å²) in [7, 11) is 1.97.